The van der Waals surface area contributed by atoms with Gasteiger partial charge in [-0.3, -0.25) is 0 Å². The van der Waals surface area contributed by atoms with Crippen molar-refractivity contribution in [3.05, 3.63) is 12.2 Å². The minimum Gasteiger partial charge on any atom is -0.314 e. The molecule has 4 unspecified atom stereocenters. The maximum Gasteiger partial charge on any atom is 0.0111 e. The lowest BCUT2D eigenvalue weighted by atomic mass is 9.79. The Balaban J connectivity index is 1.50. The van der Waals surface area contributed by atoms with Gasteiger partial charge in [0, 0.05) is 12.1 Å². The van der Waals surface area contributed by atoms with Gasteiger partial charge in [-0.05, 0) is 69.9 Å². The van der Waals surface area contributed by atoms with Gasteiger partial charge in [0.2, 0.25) is 0 Å². The number of nitrogens with one attached hydrogen (secondary N) is 2. The molecule has 1 aliphatic heterocycles. The number of allylic oxidation sites excluding steroid dienone is 2. The summed E-state index contributed by atoms with van der Waals surface area (Å²) in [6.45, 7) is 2.50. The number of rotatable bonds is 4. The van der Waals surface area contributed by atoms with Crippen molar-refractivity contribution < 1.29 is 0 Å². The van der Waals surface area contributed by atoms with Crippen LogP contribution in [0.2, 0.25) is 0 Å². The monoisotopic (exact) mass is 262 g/mol. The summed E-state index contributed by atoms with van der Waals surface area (Å²) >= 11 is 0. The molecule has 2 aliphatic carbocycles. The first-order valence-electron chi connectivity index (χ1n) is 8.55. The molecule has 108 valence electrons. The zero-order chi connectivity index (χ0) is 12.9. The van der Waals surface area contributed by atoms with Crippen LogP contribution in [-0.2, 0) is 0 Å². The fraction of sp³-hybridized carbons (Fsp3) is 0.882. The quantitative estimate of drug-likeness (QED) is 0.760. The van der Waals surface area contributed by atoms with Crippen LogP contribution in [0.4, 0.5) is 0 Å². The largest absolute Gasteiger partial charge is 0.314 e. The lowest BCUT2D eigenvalue weighted by Crippen LogP contribution is -2.48. The minimum atomic E-state index is 0.787. The van der Waals surface area contributed by atoms with E-state index in [0.29, 0.717) is 0 Å². The molecule has 2 heteroatoms. The van der Waals surface area contributed by atoms with Crippen LogP contribution in [0.1, 0.15) is 57.8 Å². The molecule has 0 aromatic carbocycles. The molecule has 4 atom stereocenters. The van der Waals surface area contributed by atoms with Crippen LogP contribution in [0.15, 0.2) is 12.2 Å². The molecule has 2 fully saturated rings. The van der Waals surface area contributed by atoms with Crippen LogP contribution in [0.3, 0.4) is 0 Å². The summed E-state index contributed by atoms with van der Waals surface area (Å²) in [5.41, 5.74) is 0. The predicted octanol–water partition coefficient (Wildman–Crippen LogP) is 3.24. The van der Waals surface area contributed by atoms with E-state index in [4.69, 9.17) is 0 Å². The van der Waals surface area contributed by atoms with Gasteiger partial charge >= 0.3 is 0 Å². The Morgan fingerprint density at radius 1 is 1.00 bits per heavy atom. The Hall–Kier alpha value is -0.340. The van der Waals surface area contributed by atoms with Gasteiger partial charge in [-0.2, -0.15) is 0 Å². The molecule has 3 aliphatic rings. The first-order chi connectivity index (χ1) is 9.43. The lowest BCUT2D eigenvalue weighted by molar-refractivity contribution is 0.206. The van der Waals surface area contributed by atoms with Crippen molar-refractivity contribution in [2.75, 3.05) is 13.1 Å². The average Bonchev–Trinajstić information content (AvgIpc) is 3.01. The SMILES string of the molecule is C1=CCC(CNC2CCCCC2C2CCCN2)CC1. The van der Waals surface area contributed by atoms with E-state index in [0.717, 1.165) is 23.9 Å². The Bertz CT molecular complexity index is 294. The van der Waals surface area contributed by atoms with E-state index in [1.54, 1.807) is 0 Å². The molecule has 0 spiro atoms. The maximum atomic E-state index is 3.94. The summed E-state index contributed by atoms with van der Waals surface area (Å²) in [6.07, 6.45) is 17.3. The van der Waals surface area contributed by atoms with Crippen molar-refractivity contribution in [1.29, 1.82) is 0 Å². The van der Waals surface area contributed by atoms with Gasteiger partial charge in [0.15, 0.2) is 0 Å². The number of hydrogen-bond donors (Lipinski definition) is 2. The molecule has 0 aromatic heterocycles. The summed E-state index contributed by atoms with van der Waals surface area (Å²) in [4.78, 5) is 0. The summed E-state index contributed by atoms with van der Waals surface area (Å²) in [7, 11) is 0. The zero-order valence-electron chi connectivity index (χ0n) is 12.2. The Morgan fingerprint density at radius 2 is 1.95 bits per heavy atom. The van der Waals surface area contributed by atoms with Crippen molar-refractivity contribution >= 4 is 0 Å². The molecule has 1 heterocycles. The first-order valence-corrected chi connectivity index (χ1v) is 8.55. The minimum absolute atomic E-state index is 0.787. The van der Waals surface area contributed by atoms with Gasteiger partial charge in [-0.25, -0.2) is 0 Å². The molecule has 3 rings (SSSR count). The summed E-state index contributed by atoms with van der Waals surface area (Å²) < 4.78 is 0. The highest BCUT2D eigenvalue weighted by atomic mass is 15.0. The van der Waals surface area contributed by atoms with Crippen LogP contribution >= 0.6 is 0 Å². The Kier molecular flexibility index (Phi) is 4.95. The van der Waals surface area contributed by atoms with Crippen LogP contribution in [0.5, 0.6) is 0 Å². The maximum absolute atomic E-state index is 3.94. The van der Waals surface area contributed by atoms with Crippen LogP contribution in [-0.4, -0.2) is 25.2 Å². The van der Waals surface area contributed by atoms with E-state index in [2.05, 4.69) is 22.8 Å². The summed E-state index contributed by atoms with van der Waals surface area (Å²) in [6, 6.07) is 1.60. The van der Waals surface area contributed by atoms with E-state index in [-0.39, 0.29) is 0 Å². The Morgan fingerprint density at radius 3 is 2.74 bits per heavy atom. The number of hydrogen-bond acceptors (Lipinski definition) is 2. The summed E-state index contributed by atoms with van der Waals surface area (Å²) in [5, 5.41) is 7.69. The van der Waals surface area contributed by atoms with E-state index < -0.39 is 0 Å². The third kappa shape index (κ3) is 3.61. The molecule has 0 aromatic rings. The van der Waals surface area contributed by atoms with Crippen molar-refractivity contribution in [1.82, 2.24) is 10.6 Å². The second kappa shape index (κ2) is 6.90. The van der Waals surface area contributed by atoms with E-state index in [1.165, 1.54) is 70.9 Å². The van der Waals surface area contributed by atoms with Gasteiger partial charge in [0.1, 0.15) is 0 Å². The van der Waals surface area contributed by atoms with Crippen molar-refractivity contribution in [3.63, 3.8) is 0 Å². The van der Waals surface area contributed by atoms with Crippen LogP contribution in [0.25, 0.3) is 0 Å². The third-order valence-electron chi connectivity index (χ3n) is 5.48. The van der Waals surface area contributed by atoms with Crippen molar-refractivity contribution in [2.45, 2.75) is 69.9 Å². The molecule has 0 bridgehead atoms. The molecule has 0 radical (unpaired) electrons. The highest BCUT2D eigenvalue weighted by Crippen LogP contribution is 2.31. The second-order valence-corrected chi connectivity index (χ2v) is 6.82. The fourth-order valence-electron chi connectivity index (χ4n) is 4.33. The van der Waals surface area contributed by atoms with Gasteiger partial charge in [-0.1, -0.05) is 25.0 Å². The molecular formula is C17H30N2. The normalized spacial score (nSPS) is 39.6. The van der Waals surface area contributed by atoms with E-state index >= 15 is 0 Å². The van der Waals surface area contributed by atoms with Crippen molar-refractivity contribution in [3.8, 4) is 0 Å². The van der Waals surface area contributed by atoms with Crippen molar-refractivity contribution in [2.24, 2.45) is 11.8 Å². The Labute approximate surface area is 118 Å². The predicted molar refractivity (Wildman–Crippen MR) is 81.3 cm³/mol. The molecule has 2 N–H and O–H groups in total. The van der Waals surface area contributed by atoms with Gasteiger partial charge in [0.25, 0.3) is 0 Å². The van der Waals surface area contributed by atoms with E-state index in [1.807, 2.05) is 0 Å². The highest BCUT2D eigenvalue weighted by Gasteiger charge is 2.33. The zero-order valence-corrected chi connectivity index (χ0v) is 12.2. The molecular weight excluding hydrogens is 232 g/mol. The topological polar surface area (TPSA) is 24.1 Å². The second-order valence-electron chi connectivity index (χ2n) is 6.82. The average molecular weight is 262 g/mol. The van der Waals surface area contributed by atoms with Gasteiger partial charge in [-0.15, -0.1) is 0 Å². The molecule has 0 amide bonds. The van der Waals surface area contributed by atoms with Gasteiger partial charge in [0.05, 0.1) is 0 Å². The molecule has 1 saturated heterocycles. The van der Waals surface area contributed by atoms with Crippen LogP contribution in [0, 0.1) is 11.8 Å². The third-order valence-corrected chi connectivity index (χ3v) is 5.48. The first kappa shape index (κ1) is 13.6. The smallest absolute Gasteiger partial charge is 0.0111 e. The van der Waals surface area contributed by atoms with Gasteiger partial charge < -0.3 is 10.6 Å². The van der Waals surface area contributed by atoms with Crippen LogP contribution < -0.4 is 10.6 Å². The molecule has 1 saturated carbocycles. The molecule has 19 heavy (non-hydrogen) atoms. The highest BCUT2D eigenvalue weighted by molar-refractivity contribution is 4.94. The lowest BCUT2D eigenvalue weighted by Gasteiger charge is -2.37. The fourth-order valence-corrected chi connectivity index (χ4v) is 4.33. The summed E-state index contributed by atoms with van der Waals surface area (Å²) in [5.74, 6) is 1.79. The van der Waals surface area contributed by atoms with E-state index in [9.17, 15) is 0 Å². The standard InChI is InChI=1S/C17H30N2/c1-2-7-14(8-3-1)13-19-17-10-5-4-9-15(17)16-11-6-12-18-16/h1-2,14-19H,3-13H2. The molecule has 2 nitrogen and oxygen atoms in total.